The molecular formula is C22H28N4O4. The van der Waals surface area contributed by atoms with Crippen molar-refractivity contribution < 1.29 is 19.4 Å². The topological polar surface area (TPSA) is 95.0 Å². The highest BCUT2D eigenvalue weighted by Gasteiger charge is 2.38. The summed E-state index contributed by atoms with van der Waals surface area (Å²) in [5, 5.41) is 12.7. The number of nitrogens with zero attached hydrogens (tertiary/aromatic N) is 3. The van der Waals surface area contributed by atoms with E-state index in [0.717, 1.165) is 5.56 Å². The predicted molar refractivity (Wildman–Crippen MR) is 114 cm³/mol. The maximum absolute atomic E-state index is 13.4. The Morgan fingerprint density at radius 3 is 2.63 bits per heavy atom. The summed E-state index contributed by atoms with van der Waals surface area (Å²) in [5.74, 6) is 0.330. The Bertz CT molecular complexity index is 903. The second-order valence-corrected chi connectivity index (χ2v) is 7.76. The van der Waals surface area contributed by atoms with E-state index in [4.69, 9.17) is 4.74 Å². The zero-order valence-corrected chi connectivity index (χ0v) is 17.7. The number of hydrogen-bond donors (Lipinski definition) is 2. The van der Waals surface area contributed by atoms with Crippen LogP contribution in [-0.4, -0.2) is 63.7 Å². The van der Waals surface area contributed by atoms with Gasteiger partial charge in [-0.3, -0.25) is 9.78 Å². The molecule has 1 aliphatic rings. The average molecular weight is 412 g/mol. The molecule has 2 N–H and O–H groups in total. The van der Waals surface area contributed by atoms with E-state index in [2.05, 4.69) is 10.3 Å². The van der Waals surface area contributed by atoms with Crippen molar-refractivity contribution in [3.8, 4) is 5.75 Å². The summed E-state index contributed by atoms with van der Waals surface area (Å²) in [5.41, 5.74) is 2.20. The fourth-order valence-corrected chi connectivity index (χ4v) is 3.67. The third kappa shape index (κ3) is 4.48. The Morgan fingerprint density at radius 2 is 2.00 bits per heavy atom. The molecule has 0 unspecified atom stereocenters. The molecule has 0 saturated carbocycles. The number of carboxylic acid groups (broad SMARTS) is 1. The van der Waals surface area contributed by atoms with Crippen molar-refractivity contribution in [3.05, 3.63) is 53.9 Å². The van der Waals surface area contributed by atoms with Gasteiger partial charge in [-0.2, -0.15) is 0 Å². The minimum Gasteiger partial charge on any atom is -0.483 e. The number of anilines is 1. The van der Waals surface area contributed by atoms with Crippen LogP contribution in [0, 0.1) is 0 Å². The number of para-hydroxylation sites is 1. The largest absolute Gasteiger partial charge is 0.483 e. The first-order valence-electron chi connectivity index (χ1n) is 9.98. The number of pyridine rings is 1. The van der Waals surface area contributed by atoms with E-state index in [1.54, 1.807) is 23.4 Å². The fraction of sp³-hybridized carbons (Fsp3) is 0.409. The van der Waals surface area contributed by atoms with Gasteiger partial charge in [0, 0.05) is 32.0 Å². The van der Waals surface area contributed by atoms with Gasteiger partial charge in [0.1, 0.15) is 6.10 Å². The lowest BCUT2D eigenvalue weighted by molar-refractivity contribution is 0.0386. The molecule has 2 heterocycles. The number of likely N-dealkylation sites (N-methyl/N-ethyl adjacent to an activating group) is 1. The summed E-state index contributed by atoms with van der Waals surface area (Å²) in [6.07, 6.45) is 1.90. The zero-order chi connectivity index (χ0) is 21.8. The molecule has 30 heavy (non-hydrogen) atoms. The highest BCUT2D eigenvalue weighted by atomic mass is 16.5. The van der Waals surface area contributed by atoms with Crippen LogP contribution in [0.3, 0.4) is 0 Å². The van der Waals surface area contributed by atoms with Crippen LogP contribution in [0.2, 0.25) is 0 Å². The number of hydrogen-bond acceptors (Lipinski definition) is 5. The van der Waals surface area contributed by atoms with Gasteiger partial charge in [-0.15, -0.1) is 0 Å². The van der Waals surface area contributed by atoms with E-state index >= 15 is 0 Å². The Labute approximate surface area is 176 Å². The van der Waals surface area contributed by atoms with Crippen LogP contribution in [0.5, 0.6) is 5.75 Å². The number of carbonyl (C=O) groups excluding carboxylic acids is 1. The Morgan fingerprint density at radius 1 is 1.30 bits per heavy atom. The smallest absolute Gasteiger partial charge is 0.407 e. The molecule has 2 amide bonds. The number of rotatable bonds is 6. The molecular weight excluding hydrogens is 384 g/mol. The van der Waals surface area contributed by atoms with E-state index < -0.39 is 12.2 Å². The second kappa shape index (κ2) is 9.02. The van der Waals surface area contributed by atoms with Crippen LogP contribution >= 0.6 is 0 Å². The van der Waals surface area contributed by atoms with Gasteiger partial charge in [0.15, 0.2) is 5.75 Å². The standard InChI is InChI=1S/C22H28N4O4/c1-14(2)26-15(3)19(13-25(4)22(28)29)30-20-17(21(26)27)6-5-7-18(20)24-12-16-8-10-23-11-9-16/h5-11,14-15,19,24H,12-13H2,1-4H3,(H,28,29)/t15-,19-/m1/s1. The summed E-state index contributed by atoms with van der Waals surface area (Å²) < 4.78 is 6.32. The first-order valence-corrected chi connectivity index (χ1v) is 9.98. The lowest BCUT2D eigenvalue weighted by Crippen LogP contribution is -2.52. The molecule has 1 aromatic carbocycles. The van der Waals surface area contributed by atoms with Crippen LogP contribution in [0.25, 0.3) is 0 Å². The van der Waals surface area contributed by atoms with Gasteiger partial charge in [-0.1, -0.05) is 6.07 Å². The number of nitrogens with one attached hydrogen (secondary N) is 1. The summed E-state index contributed by atoms with van der Waals surface area (Å²) >= 11 is 0. The molecule has 2 aromatic rings. The zero-order valence-electron chi connectivity index (χ0n) is 17.7. The molecule has 0 spiro atoms. The molecule has 0 aliphatic carbocycles. The van der Waals surface area contributed by atoms with Gasteiger partial charge in [0.05, 0.1) is 23.8 Å². The number of benzene rings is 1. The van der Waals surface area contributed by atoms with Gasteiger partial charge in [0.25, 0.3) is 5.91 Å². The molecule has 0 fully saturated rings. The predicted octanol–water partition coefficient (Wildman–Crippen LogP) is 3.30. The number of fused-ring (bicyclic) bond motifs is 1. The van der Waals surface area contributed by atoms with Crippen molar-refractivity contribution in [2.45, 2.75) is 45.5 Å². The molecule has 2 atom stereocenters. The lowest BCUT2D eigenvalue weighted by Gasteiger charge is -2.35. The van der Waals surface area contributed by atoms with Crippen molar-refractivity contribution in [3.63, 3.8) is 0 Å². The summed E-state index contributed by atoms with van der Waals surface area (Å²) in [6.45, 7) is 6.48. The molecule has 0 bridgehead atoms. The van der Waals surface area contributed by atoms with Crippen LogP contribution in [0.1, 0.15) is 36.7 Å². The fourth-order valence-electron chi connectivity index (χ4n) is 3.67. The monoisotopic (exact) mass is 412 g/mol. The van der Waals surface area contributed by atoms with Crippen LogP contribution in [-0.2, 0) is 6.54 Å². The van der Waals surface area contributed by atoms with Gasteiger partial charge in [-0.05, 0) is 50.6 Å². The Kier molecular flexibility index (Phi) is 6.44. The molecule has 3 rings (SSSR count). The van der Waals surface area contributed by atoms with Crippen molar-refractivity contribution in [1.82, 2.24) is 14.8 Å². The van der Waals surface area contributed by atoms with Crippen molar-refractivity contribution in [1.29, 1.82) is 0 Å². The van der Waals surface area contributed by atoms with Crippen LogP contribution in [0.15, 0.2) is 42.7 Å². The highest BCUT2D eigenvalue weighted by Crippen LogP contribution is 2.36. The van der Waals surface area contributed by atoms with Gasteiger partial charge < -0.3 is 25.0 Å². The van der Waals surface area contributed by atoms with Gasteiger partial charge >= 0.3 is 6.09 Å². The first-order chi connectivity index (χ1) is 14.3. The molecule has 0 radical (unpaired) electrons. The number of aromatic nitrogens is 1. The minimum atomic E-state index is -1.04. The molecule has 1 aliphatic heterocycles. The quantitative estimate of drug-likeness (QED) is 0.756. The van der Waals surface area contributed by atoms with E-state index in [9.17, 15) is 14.7 Å². The maximum atomic E-state index is 13.4. The highest BCUT2D eigenvalue weighted by molar-refractivity contribution is 5.99. The summed E-state index contributed by atoms with van der Waals surface area (Å²) in [6, 6.07) is 8.89. The number of amides is 2. The summed E-state index contributed by atoms with van der Waals surface area (Å²) in [7, 11) is 1.50. The Balaban J connectivity index is 1.97. The third-order valence-electron chi connectivity index (χ3n) is 5.30. The van der Waals surface area contributed by atoms with E-state index in [1.807, 2.05) is 45.0 Å². The van der Waals surface area contributed by atoms with Gasteiger partial charge in [-0.25, -0.2) is 4.79 Å². The van der Waals surface area contributed by atoms with Crippen LogP contribution < -0.4 is 10.1 Å². The molecule has 8 nitrogen and oxygen atoms in total. The summed E-state index contributed by atoms with van der Waals surface area (Å²) in [4.78, 5) is 31.7. The molecule has 8 heteroatoms. The van der Waals surface area contributed by atoms with E-state index in [-0.39, 0.29) is 24.5 Å². The normalized spacial score (nSPS) is 18.4. The first kappa shape index (κ1) is 21.4. The lowest BCUT2D eigenvalue weighted by atomic mass is 10.1. The maximum Gasteiger partial charge on any atom is 0.407 e. The van der Waals surface area contributed by atoms with Crippen molar-refractivity contribution >= 4 is 17.7 Å². The van der Waals surface area contributed by atoms with E-state index in [0.29, 0.717) is 23.5 Å². The average Bonchev–Trinajstić information content (AvgIpc) is 2.82. The molecule has 160 valence electrons. The van der Waals surface area contributed by atoms with E-state index in [1.165, 1.54) is 11.9 Å². The van der Waals surface area contributed by atoms with Crippen LogP contribution in [0.4, 0.5) is 10.5 Å². The van der Waals surface area contributed by atoms with Crippen molar-refractivity contribution in [2.75, 3.05) is 18.9 Å². The third-order valence-corrected chi connectivity index (χ3v) is 5.30. The van der Waals surface area contributed by atoms with Crippen molar-refractivity contribution in [2.24, 2.45) is 0 Å². The Hall–Kier alpha value is -3.29. The minimum absolute atomic E-state index is 0.0619. The SMILES string of the molecule is CC(C)N1C(=O)c2cccc(NCc3ccncc3)c2O[C@H](CN(C)C(=O)O)[C@H]1C. The number of ether oxygens (including phenoxy) is 1. The second-order valence-electron chi connectivity index (χ2n) is 7.76. The molecule has 1 aromatic heterocycles. The molecule has 0 saturated heterocycles. The number of carbonyl (C=O) groups is 2. The van der Waals surface area contributed by atoms with Gasteiger partial charge in [0.2, 0.25) is 0 Å².